The van der Waals surface area contributed by atoms with Gasteiger partial charge < -0.3 is 9.88 Å². The maximum absolute atomic E-state index is 12.9. The third-order valence-corrected chi connectivity index (χ3v) is 5.01. The topological polar surface area (TPSA) is 61.9 Å². The molecule has 5 heteroatoms. The van der Waals surface area contributed by atoms with Crippen molar-refractivity contribution in [2.24, 2.45) is 0 Å². The van der Waals surface area contributed by atoms with Gasteiger partial charge in [-0.15, -0.1) is 0 Å². The van der Waals surface area contributed by atoms with Crippen molar-refractivity contribution in [1.82, 2.24) is 19.9 Å². The number of rotatable bonds is 2. The lowest BCUT2D eigenvalue weighted by Gasteiger charge is -2.32. The van der Waals surface area contributed by atoms with Gasteiger partial charge in [0, 0.05) is 48.2 Å². The zero-order valence-electron chi connectivity index (χ0n) is 14.6. The summed E-state index contributed by atoms with van der Waals surface area (Å²) in [4.78, 5) is 27.0. The van der Waals surface area contributed by atoms with E-state index < -0.39 is 0 Å². The molecule has 1 fully saturated rings. The molecular formula is C20H22N4O. The number of H-pyrrole nitrogens is 1. The molecule has 1 N–H and O–H groups in total. The largest absolute Gasteiger partial charge is 0.343 e. The fourth-order valence-corrected chi connectivity index (χ4v) is 3.66. The second-order valence-corrected chi connectivity index (χ2v) is 6.90. The summed E-state index contributed by atoms with van der Waals surface area (Å²) in [5.41, 5.74) is 4.75. The van der Waals surface area contributed by atoms with Crippen LogP contribution < -0.4 is 0 Å². The molecular weight excluding hydrogens is 312 g/mol. The monoisotopic (exact) mass is 334 g/mol. The van der Waals surface area contributed by atoms with Gasteiger partial charge in [-0.25, -0.2) is 4.98 Å². The Morgan fingerprint density at radius 3 is 3.00 bits per heavy atom. The highest BCUT2D eigenvalue weighted by atomic mass is 16.2. The number of carbonyl (C=O) groups excluding carboxylic acids is 1. The Morgan fingerprint density at radius 1 is 1.28 bits per heavy atom. The summed E-state index contributed by atoms with van der Waals surface area (Å²) in [6, 6.07) is 8.02. The fraction of sp³-hybridized carbons (Fsp3) is 0.350. The molecule has 1 atom stereocenters. The van der Waals surface area contributed by atoms with Crippen LogP contribution in [0.3, 0.4) is 0 Å². The smallest absolute Gasteiger partial charge is 0.255 e. The Bertz CT molecular complexity index is 930. The van der Waals surface area contributed by atoms with Gasteiger partial charge in [0.15, 0.2) is 0 Å². The van der Waals surface area contributed by atoms with Crippen molar-refractivity contribution in [3.8, 4) is 0 Å². The first-order valence-electron chi connectivity index (χ1n) is 8.78. The van der Waals surface area contributed by atoms with Gasteiger partial charge in [0.1, 0.15) is 5.65 Å². The fourth-order valence-electron chi connectivity index (χ4n) is 3.66. The van der Waals surface area contributed by atoms with Gasteiger partial charge in [0.05, 0.1) is 5.56 Å². The minimum absolute atomic E-state index is 0.0837. The number of hydrogen-bond acceptors (Lipinski definition) is 3. The molecule has 0 aromatic carbocycles. The molecule has 3 aromatic heterocycles. The molecule has 4 rings (SSSR count). The third kappa shape index (κ3) is 3.02. The van der Waals surface area contributed by atoms with Crippen molar-refractivity contribution in [3.05, 3.63) is 59.2 Å². The molecule has 3 aromatic rings. The van der Waals surface area contributed by atoms with Crippen LogP contribution in [0, 0.1) is 13.8 Å². The molecule has 0 unspecified atom stereocenters. The number of aromatic amines is 1. The van der Waals surface area contributed by atoms with E-state index in [-0.39, 0.29) is 5.91 Å². The van der Waals surface area contributed by atoms with E-state index in [9.17, 15) is 4.79 Å². The van der Waals surface area contributed by atoms with E-state index in [0.29, 0.717) is 11.5 Å². The van der Waals surface area contributed by atoms with Crippen LogP contribution in [0.4, 0.5) is 0 Å². The van der Waals surface area contributed by atoms with Crippen molar-refractivity contribution >= 4 is 16.9 Å². The third-order valence-electron chi connectivity index (χ3n) is 5.01. The van der Waals surface area contributed by atoms with Crippen LogP contribution in [0.1, 0.15) is 46.1 Å². The number of carbonyl (C=O) groups is 1. The van der Waals surface area contributed by atoms with Crippen molar-refractivity contribution in [2.75, 3.05) is 13.1 Å². The van der Waals surface area contributed by atoms with Gasteiger partial charge in [-0.3, -0.25) is 9.78 Å². The summed E-state index contributed by atoms with van der Waals surface area (Å²) in [7, 11) is 0. The van der Waals surface area contributed by atoms with Crippen molar-refractivity contribution < 1.29 is 4.79 Å². The van der Waals surface area contributed by atoms with Crippen molar-refractivity contribution in [2.45, 2.75) is 32.6 Å². The number of pyridine rings is 2. The second kappa shape index (κ2) is 6.31. The predicted molar refractivity (Wildman–Crippen MR) is 97.7 cm³/mol. The Balaban J connectivity index is 1.58. The van der Waals surface area contributed by atoms with Gasteiger partial charge in [0.2, 0.25) is 0 Å². The van der Waals surface area contributed by atoms with Gasteiger partial charge >= 0.3 is 0 Å². The van der Waals surface area contributed by atoms with E-state index in [0.717, 1.165) is 48.2 Å². The maximum Gasteiger partial charge on any atom is 0.255 e. The highest BCUT2D eigenvalue weighted by Gasteiger charge is 2.27. The lowest BCUT2D eigenvalue weighted by Crippen LogP contribution is -2.39. The van der Waals surface area contributed by atoms with Gasteiger partial charge in [-0.1, -0.05) is 0 Å². The molecule has 1 amide bonds. The summed E-state index contributed by atoms with van der Waals surface area (Å²) >= 11 is 0. The average Bonchev–Trinajstić information content (AvgIpc) is 3.05. The number of aryl methyl sites for hydroxylation is 2. The Hall–Kier alpha value is -2.69. The molecule has 1 aliphatic rings. The van der Waals surface area contributed by atoms with E-state index in [1.165, 1.54) is 5.69 Å². The molecule has 25 heavy (non-hydrogen) atoms. The molecule has 4 heterocycles. The van der Waals surface area contributed by atoms with Crippen LogP contribution >= 0.6 is 0 Å². The number of nitrogens with zero attached hydrogens (tertiary/aromatic N) is 3. The number of aromatic nitrogens is 3. The summed E-state index contributed by atoms with van der Waals surface area (Å²) in [6.07, 6.45) is 5.70. The zero-order valence-corrected chi connectivity index (χ0v) is 14.6. The predicted octanol–water partition coefficient (Wildman–Crippen LogP) is 3.59. The number of nitrogens with one attached hydrogen (secondary N) is 1. The lowest BCUT2D eigenvalue weighted by molar-refractivity contribution is 0.0705. The summed E-state index contributed by atoms with van der Waals surface area (Å²) in [5.74, 6) is 0.407. The Morgan fingerprint density at radius 2 is 2.16 bits per heavy atom. The molecule has 1 saturated heterocycles. The van der Waals surface area contributed by atoms with Gasteiger partial charge in [-0.2, -0.15) is 0 Å². The molecule has 0 aliphatic carbocycles. The van der Waals surface area contributed by atoms with E-state index in [2.05, 4.69) is 34.0 Å². The molecule has 0 saturated carbocycles. The first-order chi connectivity index (χ1) is 12.1. The first-order valence-corrected chi connectivity index (χ1v) is 8.78. The Labute approximate surface area is 147 Å². The van der Waals surface area contributed by atoms with Crippen LogP contribution in [0.5, 0.6) is 0 Å². The highest BCUT2D eigenvalue weighted by molar-refractivity contribution is 5.95. The molecule has 5 nitrogen and oxygen atoms in total. The van der Waals surface area contributed by atoms with E-state index >= 15 is 0 Å². The zero-order chi connectivity index (χ0) is 17.4. The summed E-state index contributed by atoms with van der Waals surface area (Å²) in [6.45, 7) is 5.48. The van der Waals surface area contributed by atoms with Crippen molar-refractivity contribution in [3.63, 3.8) is 0 Å². The molecule has 0 bridgehead atoms. The number of amides is 1. The van der Waals surface area contributed by atoms with E-state index in [1.807, 2.05) is 30.2 Å². The SMILES string of the molecule is Cc1cnc2[nH]c([C@@H]3CCCN(C(=O)c4cccnc4C)C3)cc2c1. The highest BCUT2D eigenvalue weighted by Crippen LogP contribution is 2.29. The quantitative estimate of drug-likeness (QED) is 0.779. The average molecular weight is 334 g/mol. The van der Waals surface area contributed by atoms with Crippen LogP contribution in [-0.2, 0) is 0 Å². The van der Waals surface area contributed by atoms with Crippen LogP contribution in [-0.4, -0.2) is 38.8 Å². The minimum atomic E-state index is 0.0837. The molecule has 0 radical (unpaired) electrons. The molecule has 128 valence electrons. The Kier molecular flexibility index (Phi) is 3.99. The van der Waals surface area contributed by atoms with E-state index in [1.54, 1.807) is 6.20 Å². The normalized spacial score (nSPS) is 17.8. The number of piperidine rings is 1. The standard InChI is InChI=1S/C20H22N4O/c1-13-9-16-10-18(23-19(16)22-11-13)15-5-4-8-24(12-15)20(25)17-6-3-7-21-14(17)2/h3,6-7,9-11,15H,4-5,8,12H2,1-2H3,(H,22,23)/t15-/m1/s1. The number of fused-ring (bicyclic) bond motifs is 1. The first kappa shape index (κ1) is 15.8. The lowest BCUT2D eigenvalue weighted by atomic mass is 9.94. The van der Waals surface area contributed by atoms with Crippen LogP contribution in [0.25, 0.3) is 11.0 Å². The van der Waals surface area contributed by atoms with Crippen LogP contribution in [0.2, 0.25) is 0 Å². The molecule has 1 aliphatic heterocycles. The van der Waals surface area contributed by atoms with Crippen LogP contribution in [0.15, 0.2) is 36.7 Å². The minimum Gasteiger partial charge on any atom is -0.343 e. The van der Waals surface area contributed by atoms with Gasteiger partial charge in [-0.05, 0) is 56.5 Å². The second-order valence-electron chi connectivity index (χ2n) is 6.90. The summed E-state index contributed by atoms with van der Waals surface area (Å²) < 4.78 is 0. The number of likely N-dealkylation sites (tertiary alicyclic amines) is 1. The van der Waals surface area contributed by atoms with Crippen molar-refractivity contribution in [1.29, 1.82) is 0 Å². The maximum atomic E-state index is 12.9. The molecule has 0 spiro atoms. The summed E-state index contributed by atoms with van der Waals surface area (Å²) in [5, 5.41) is 1.14. The number of hydrogen-bond donors (Lipinski definition) is 1. The van der Waals surface area contributed by atoms with Gasteiger partial charge in [0.25, 0.3) is 5.91 Å². The van der Waals surface area contributed by atoms with E-state index in [4.69, 9.17) is 0 Å².